The number of hydrogen-bond donors (Lipinski definition) is 2. The van der Waals surface area contributed by atoms with Gasteiger partial charge in [-0.25, -0.2) is 4.99 Å². The molecule has 1 fully saturated rings. The van der Waals surface area contributed by atoms with Crippen LogP contribution in [0, 0.1) is 11.8 Å². The number of rotatable bonds is 8. The molecule has 0 aliphatic carbocycles. The van der Waals surface area contributed by atoms with Crippen molar-refractivity contribution in [1.29, 1.82) is 0 Å². The highest BCUT2D eigenvalue weighted by Crippen LogP contribution is 2.17. The van der Waals surface area contributed by atoms with E-state index < -0.39 is 0 Å². The molecule has 1 rings (SSSR count). The SMILES string of the molecule is CC(C)CNC(=NCC(=O)N(C)C)NC[C@H]1CCCN1CC(C)C. The monoisotopic (exact) mass is 339 g/mol. The van der Waals surface area contributed by atoms with Crippen LogP contribution in [0.1, 0.15) is 40.5 Å². The number of carbonyl (C=O) groups is 1. The van der Waals surface area contributed by atoms with Gasteiger partial charge in [0, 0.05) is 39.8 Å². The van der Waals surface area contributed by atoms with Crippen LogP contribution < -0.4 is 10.6 Å². The molecular weight excluding hydrogens is 302 g/mol. The Morgan fingerprint density at radius 2 is 1.92 bits per heavy atom. The van der Waals surface area contributed by atoms with E-state index in [4.69, 9.17) is 0 Å². The van der Waals surface area contributed by atoms with E-state index in [0.29, 0.717) is 17.9 Å². The number of guanidine groups is 1. The Kier molecular flexibility index (Phi) is 9.11. The van der Waals surface area contributed by atoms with Crippen molar-refractivity contribution in [2.75, 3.05) is 46.8 Å². The summed E-state index contributed by atoms with van der Waals surface area (Å²) in [4.78, 5) is 20.4. The summed E-state index contributed by atoms with van der Waals surface area (Å²) < 4.78 is 0. The fourth-order valence-electron chi connectivity index (χ4n) is 2.81. The summed E-state index contributed by atoms with van der Waals surface area (Å²) in [6, 6.07) is 0.558. The lowest BCUT2D eigenvalue weighted by Crippen LogP contribution is -2.46. The number of aliphatic imine (C=N–C) groups is 1. The van der Waals surface area contributed by atoms with Crippen molar-refractivity contribution in [3.63, 3.8) is 0 Å². The average Bonchev–Trinajstić information content (AvgIpc) is 2.92. The quantitative estimate of drug-likeness (QED) is 0.518. The molecule has 24 heavy (non-hydrogen) atoms. The summed E-state index contributed by atoms with van der Waals surface area (Å²) in [6.45, 7) is 13.1. The maximum Gasteiger partial charge on any atom is 0.243 e. The molecule has 6 nitrogen and oxygen atoms in total. The number of nitrogens with zero attached hydrogens (tertiary/aromatic N) is 3. The summed E-state index contributed by atoms with van der Waals surface area (Å²) in [5.74, 6) is 1.99. The molecule has 0 saturated carbocycles. The van der Waals surface area contributed by atoms with Gasteiger partial charge in [0.05, 0.1) is 0 Å². The van der Waals surface area contributed by atoms with Crippen molar-refractivity contribution in [3.05, 3.63) is 0 Å². The van der Waals surface area contributed by atoms with Crippen molar-refractivity contribution in [1.82, 2.24) is 20.4 Å². The first-order valence-electron chi connectivity index (χ1n) is 9.26. The first-order valence-corrected chi connectivity index (χ1v) is 9.26. The second-order valence-corrected chi connectivity index (χ2v) is 7.79. The molecule has 1 amide bonds. The van der Waals surface area contributed by atoms with Crippen LogP contribution >= 0.6 is 0 Å². The molecule has 0 aromatic carbocycles. The lowest BCUT2D eigenvalue weighted by Gasteiger charge is -2.27. The minimum Gasteiger partial charge on any atom is -0.356 e. The fraction of sp³-hybridized carbons (Fsp3) is 0.889. The molecule has 1 saturated heterocycles. The van der Waals surface area contributed by atoms with Crippen molar-refractivity contribution in [2.45, 2.75) is 46.6 Å². The Bertz CT molecular complexity index is 406. The maximum absolute atomic E-state index is 11.8. The normalized spacial score (nSPS) is 19.2. The van der Waals surface area contributed by atoms with Gasteiger partial charge >= 0.3 is 0 Å². The smallest absolute Gasteiger partial charge is 0.243 e. The van der Waals surface area contributed by atoms with Gasteiger partial charge in [-0.1, -0.05) is 27.7 Å². The van der Waals surface area contributed by atoms with Gasteiger partial charge in [0.15, 0.2) is 5.96 Å². The molecule has 0 spiro atoms. The number of nitrogens with one attached hydrogen (secondary N) is 2. The summed E-state index contributed by atoms with van der Waals surface area (Å²) in [5.41, 5.74) is 0. The van der Waals surface area contributed by atoms with Crippen LogP contribution in [0.4, 0.5) is 0 Å². The van der Waals surface area contributed by atoms with E-state index >= 15 is 0 Å². The average molecular weight is 340 g/mol. The molecule has 2 N–H and O–H groups in total. The Morgan fingerprint density at radius 3 is 2.50 bits per heavy atom. The van der Waals surface area contributed by atoms with Crippen molar-refractivity contribution >= 4 is 11.9 Å². The summed E-state index contributed by atoms with van der Waals surface area (Å²) in [7, 11) is 3.52. The molecule has 0 bridgehead atoms. The van der Waals surface area contributed by atoms with E-state index in [2.05, 4.69) is 48.2 Å². The standard InChI is InChI=1S/C18H37N5O/c1-14(2)10-19-18(21-12-17(24)22(5)6)20-11-16-8-7-9-23(16)13-15(3)4/h14-16H,7-13H2,1-6H3,(H2,19,20,21)/t16-/m1/s1. The second-order valence-electron chi connectivity index (χ2n) is 7.79. The van der Waals surface area contributed by atoms with Gasteiger partial charge in [-0.2, -0.15) is 0 Å². The largest absolute Gasteiger partial charge is 0.356 e. The Labute approximate surface area is 148 Å². The van der Waals surface area contributed by atoms with Crippen LogP contribution in [0.3, 0.4) is 0 Å². The molecule has 0 aromatic rings. The lowest BCUT2D eigenvalue weighted by atomic mass is 10.1. The van der Waals surface area contributed by atoms with Crippen molar-refractivity contribution < 1.29 is 4.79 Å². The Balaban J connectivity index is 2.56. The van der Waals surface area contributed by atoms with Gasteiger partial charge in [-0.3, -0.25) is 9.69 Å². The molecule has 1 atom stereocenters. The summed E-state index contributed by atoms with van der Waals surface area (Å²) in [6.07, 6.45) is 2.50. The first-order chi connectivity index (χ1) is 11.3. The fourth-order valence-corrected chi connectivity index (χ4v) is 2.81. The zero-order valence-corrected chi connectivity index (χ0v) is 16.4. The van der Waals surface area contributed by atoms with Crippen LogP contribution in [0.5, 0.6) is 0 Å². The second kappa shape index (κ2) is 10.5. The third-order valence-corrected chi connectivity index (χ3v) is 4.15. The molecular formula is C18H37N5O. The lowest BCUT2D eigenvalue weighted by molar-refractivity contribution is -0.127. The van der Waals surface area contributed by atoms with E-state index in [1.807, 2.05) is 0 Å². The highest BCUT2D eigenvalue weighted by atomic mass is 16.2. The van der Waals surface area contributed by atoms with Gasteiger partial charge in [0.2, 0.25) is 5.91 Å². The number of likely N-dealkylation sites (tertiary alicyclic amines) is 1. The topological polar surface area (TPSA) is 60.0 Å². The van der Waals surface area contributed by atoms with E-state index in [1.165, 1.54) is 19.4 Å². The third kappa shape index (κ3) is 7.99. The minimum atomic E-state index is 0.0166. The molecule has 6 heteroatoms. The van der Waals surface area contributed by atoms with E-state index in [0.717, 1.165) is 25.6 Å². The highest BCUT2D eigenvalue weighted by Gasteiger charge is 2.24. The molecule has 1 aliphatic rings. The molecule has 1 heterocycles. The molecule has 0 radical (unpaired) electrons. The van der Waals surface area contributed by atoms with Crippen LogP contribution in [-0.2, 0) is 4.79 Å². The zero-order valence-electron chi connectivity index (χ0n) is 16.4. The molecule has 0 unspecified atom stereocenters. The summed E-state index contributed by atoms with van der Waals surface area (Å²) >= 11 is 0. The number of hydrogen-bond acceptors (Lipinski definition) is 3. The predicted molar refractivity (Wildman–Crippen MR) is 101 cm³/mol. The summed E-state index contributed by atoms with van der Waals surface area (Å²) in [5, 5.41) is 6.78. The predicted octanol–water partition coefficient (Wildman–Crippen LogP) is 1.39. The molecule has 1 aliphatic heterocycles. The van der Waals surface area contributed by atoms with E-state index in [-0.39, 0.29) is 12.5 Å². The van der Waals surface area contributed by atoms with Crippen LogP contribution in [-0.4, -0.2) is 74.5 Å². The van der Waals surface area contributed by atoms with E-state index in [1.54, 1.807) is 19.0 Å². The zero-order chi connectivity index (χ0) is 18.1. The third-order valence-electron chi connectivity index (χ3n) is 4.15. The first kappa shape index (κ1) is 20.7. The number of amides is 1. The van der Waals surface area contributed by atoms with Crippen LogP contribution in [0.2, 0.25) is 0 Å². The molecule has 140 valence electrons. The number of carbonyl (C=O) groups excluding carboxylic acids is 1. The number of likely N-dealkylation sites (N-methyl/N-ethyl adjacent to an activating group) is 1. The Morgan fingerprint density at radius 1 is 1.21 bits per heavy atom. The van der Waals surface area contributed by atoms with Gasteiger partial charge in [-0.15, -0.1) is 0 Å². The van der Waals surface area contributed by atoms with Crippen molar-refractivity contribution in [3.8, 4) is 0 Å². The van der Waals surface area contributed by atoms with Crippen LogP contribution in [0.25, 0.3) is 0 Å². The maximum atomic E-state index is 11.8. The highest BCUT2D eigenvalue weighted by molar-refractivity contribution is 5.84. The van der Waals surface area contributed by atoms with Gasteiger partial charge in [-0.05, 0) is 31.2 Å². The minimum absolute atomic E-state index is 0.0166. The van der Waals surface area contributed by atoms with Crippen LogP contribution in [0.15, 0.2) is 4.99 Å². The van der Waals surface area contributed by atoms with Gasteiger partial charge in [0.25, 0.3) is 0 Å². The Hall–Kier alpha value is -1.30. The van der Waals surface area contributed by atoms with Gasteiger partial charge < -0.3 is 15.5 Å². The van der Waals surface area contributed by atoms with Crippen molar-refractivity contribution in [2.24, 2.45) is 16.8 Å². The van der Waals surface area contributed by atoms with E-state index in [9.17, 15) is 4.79 Å². The molecule has 0 aromatic heterocycles. The van der Waals surface area contributed by atoms with Gasteiger partial charge in [0.1, 0.15) is 6.54 Å².